The Labute approximate surface area is 293 Å². The lowest BCUT2D eigenvalue weighted by molar-refractivity contribution is -0.183. The molecule has 0 saturated carbocycles. The molecule has 50 heavy (non-hydrogen) atoms. The number of para-hydroxylation sites is 1. The number of benzene rings is 3. The van der Waals surface area contributed by atoms with E-state index >= 15 is 0 Å². The molecule has 3 aromatic carbocycles. The summed E-state index contributed by atoms with van der Waals surface area (Å²) in [5.41, 5.74) is 6.07. The van der Waals surface area contributed by atoms with Crippen LogP contribution in [-0.4, -0.2) is 74.5 Å². The standard InChI is InChI=1S/C39H48N6O5/c1-39(2,3)38(46)50-26-45-41-35(40-42-45)31-11-6-5-10-30(31)29-16-14-27(15-17-29)24-43-21-18-28(19-22-43)25-49-37(47-4)34-32-12-7-8-13-33(32)44-20-9-23-48-36(34)44/h5-8,10-17,28,37-38,46H,9,18-26H2,1-4H3. The van der Waals surface area contributed by atoms with Crippen LogP contribution in [0, 0.1) is 11.3 Å². The Morgan fingerprint density at radius 1 is 0.920 bits per heavy atom. The van der Waals surface area contributed by atoms with Crippen LogP contribution in [0.2, 0.25) is 0 Å². The van der Waals surface area contributed by atoms with Gasteiger partial charge in [0.2, 0.25) is 11.7 Å². The van der Waals surface area contributed by atoms with E-state index in [9.17, 15) is 5.11 Å². The Morgan fingerprint density at radius 2 is 1.66 bits per heavy atom. The van der Waals surface area contributed by atoms with Gasteiger partial charge in [0.25, 0.3) is 0 Å². The van der Waals surface area contributed by atoms with Crippen LogP contribution in [0.5, 0.6) is 5.88 Å². The van der Waals surface area contributed by atoms with Crippen molar-refractivity contribution in [3.63, 3.8) is 0 Å². The van der Waals surface area contributed by atoms with Gasteiger partial charge >= 0.3 is 0 Å². The number of hydrogen-bond acceptors (Lipinski definition) is 9. The van der Waals surface area contributed by atoms with E-state index in [1.807, 2.05) is 39.0 Å². The fraction of sp³-hybridized carbons (Fsp3) is 0.462. The molecule has 4 heterocycles. The first-order valence-corrected chi connectivity index (χ1v) is 17.7. The molecule has 0 amide bonds. The SMILES string of the molecule is COC(OCC1CCN(Cc2ccc(-c3ccccc3-c3nnn(COC(O)C(C)(C)C)n3)cc2)CC1)c1c2n(c3ccccc13)CCCO2. The quantitative estimate of drug-likeness (QED) is 0.145. The van der Waals surface area contributed by atoms with Gasteiger partial charge in [-0.15, -0.1) is 15.0 Å². The molecule has 2 aromatic heterocycles. The molecular weight excluding hydrogens is 632 g/mol. The van der Waals surface area contributed by atoms with E-state index in [0.717, 1.165) is 85.6 Å². The van der Waals surface area contributed by atoms with Crippen molar-refractivity contribution >= 4 is 10.9 Å². The first kappa shape index (κ1) is 34.3. The second-order valence-electron chi connectivity index (χ2n) is 14.5. The molecule has 1 N–H and O–H groups in total. The highest BCUT2D eigenvalue weighted by Crippen LogP contribution is 2.40. The summed E-state index contributed by atoms with van der Waals surface area (Å²) in [5.74, 6) is 1.88. The molecule has 0 radical (unpaired) electrons. The number of piperidine rings is 1. The van der Waals surface area contributed by atoms with Crippen molar-refractivity contribution in [2.75, 3.05) is 33.4 Å². The van der Waals surface area contributed by atoms with Crippen molar-refractivity contribution in [1.82, 2.24) is 29.7 Å². The van der Waals surface area contributed by atoms with Crippen LogP contribution in [0.25, 0.3) is 33.4 Å². The number of aliphatic hydroxyl groups is 1. The highest BCUT2D eigenvalue weighted by Gasteiger charge is 2.29. The van der Waals surface area contributed by atoms with E-state index in [1.54, 1.807) is 7.11 Å². The van der Waals surface area contributed by atoms with Crippen molar-refractivity contribution in [1.29, 1.82) is 0 Å². The first-order valence-electron chi connectivity index (χ1n) is 17.7. The Balaban J connectivity index is 0.931. The minimum atomic E-state index is -0.935. The molecule has 1 fully saturated rings. The number of likely N-dealkylation sites (tertiary alicyclic amines) is 1. The summed E-state index contributed by atoms with van der Waals surface area (Å²) < 4.78 is 26.3. The summed E-state index contributed by atoms with van der Waals surface area (Å²) in [6, 6.07) is 25.3. The average molecular weight is 681 g/mol. The average Bonchev–Trinajstić information content (AvgIpc) is 3.75. The van der Waals surface area contributed by atoms with Crippen LogP contribution in [0.4, 0.5) is 0 Å². The number of aromatic nitrogens is 5. The van der Waals surface area contributed by atoms with E-state index in [4.69, 9.17) is 18.9 Å². The normalized spacial score (nSPS) is 17.1. The van der Waals surface area contributed by atoms with Crippen molar-refractivity contribution < 1.29 is 24.1 Å². The van der Waals surface area contributed by atoms with Crippen molar-refractivity contribution in [3.05, 3.63) is 83.9 Å². The van der Waals surface area contributed by atoms with E-state index in [0.29, 0.717) is 18.3 Å². The molecular formula is C39H48N6O5. The maximum atomic E-state index is 10.2. The van der Waals surface area contributed by atoms with Gasteiger partial charge in [0.05, 0.1) is 24.3 Å². The fourth-order valence-corrected chi connectivity index (χ4v) is 6.88. The van der Waals surface area contributed by atoms with Gasteiger partial charge in [-0.25, -0.2) is 0 Å². The summed E-state index contributed by atoms with van der Waals surface area (Å²) in [7, 11) is 1.72. The number of fused-ring (bicyclic) bond motifs is 3. The molecule has 2 atom stereocenters. The van der Waals surface area contributed by atoms with Gasteiger partial charge in [0.15, 0.2) is 19.3 Å². The number of rotatable bonds is 12. The van der Waals surface area contributed by atoms with Crippen LogP contribution >= 0.6 is 0 Å². The number of aryl methyl sites for hydroxylation is 1. The smallest absolute Gasteiger partial charge is 0.205 e. The Kier molecular flexibility index (Phi) is 10.3. The number of ether oxygens (including phenoxy) is 4. The molecule has 7 rings (SSSR count). The second-order valence-corrected chi connectivity index (χ2v) is 14.5. The van der Waals surface area contributed by atoms with Crippen LogP contribution in [0.15, 0.2) is 72.8 Å². The third kappa shape index (κ3) is 7.47. The summed E-state index contributed by atoms with van der Waals surface area (Å²) in [6.07, 6.45) is 1.78. The van der Waals surface area contributed by atoms with E-state index < -0.39 is 18.0 Å². The molecule has 2 unspecified atom stereocenters. The zero-order chi connectivity index (χ0) is 34.7. The Bertz CT molecular complexity index is 1870. The third-order valence-electron chi connectivity index (χ3n) is 9.75. The highest BCUT2D eigenvalue weighted by atomic mass is 16.7. The highest BCUT2D eigenvalue weighted by molar-refractivity contribution is 5.87. The van der Waals surface area contributed by atoms with Crippen molar-refractivity contribution in [2.45, 2.75) is 72.4 Å². The summed E-state index contributed by atoms with van der Waals surface area (Å²) >= 11 is 0. The van der Waals surface area contributed by atoms with E-state index in [1.165, 1.54) is 15.9 Å². The van der Waals surface area contributed by atoms with E-state index in [-0.39, 0.29) is 6.73 Å². The van der Waals surface area contributed by atoms with E-state index in [2.05, 4.69) is 79.5 Å². The van der Waals surface area contributed by atoms with Crippen LogP contribution in [-0.2, 0) is 34.0 Å². The van der Waals surface area contributed by atoms with Crippen LogP contribution in [0.3, 0.4) is 0 Å². The zero-order valence-electron chi connectivity index (χ0n) is 29.5. The molecule has 0 spiro atoms. The Hall–Kier alpha value is -4.13. The summed E-state index contributed by atoms with van der Waals surface area (Å²) in [5, 5.41) is 24.3. The largest absolute Gasteiger partial charge is 0.478 e. The van der Waals surface area contributed by atoms with Gasteiger partial charge in [0, 0.05) is 36.6 Å². The maximum Gasteiger partial charge on any atom is 0.205 e. The van der Waals surface area contributed by atoms with Gasteiger partial charge in [-0.1, -0.05) is 87.5 Å². The first-order chi connectivity index (χ1) is 24.3. The maximum absolute atomic E-state index is 10.2. The summed E-state index contributed by atoms with van der Waals surface area (Å²) in [6.45, 7) is 11.0. The molecule has 2 aliphatic rings. The minimum absolute atomic E-state index is 0.0165. The van der Waals surface area contributed by atoms with Gasteiger partial charge < -0.3 is 28.6 Å². The van der Waals surface area contributed by atoms with Gasteiger partial charge in [-0.3, -0.25) is 4.90 Å². The predicted molar refractivity (Wildman–Crippen MR) is 191 cm³/mol. The van der Waals surface area contributed by atoms with Gasteiger partial charge in [0.1, 0.15) is 0 Å². The molecule has 11 nitrogen and oxygen atoms in total. The number of aliphatic hydroxyl groups excluding tert-OH is 1. The topological polar surface area (TPSA) is 109 Å². The molecule has 0 aliphatic carbocycles. The molecule has 1 saturated heterocycles. The second kappa shape index (κ2) is 15.0. The van der Waals surface area contributed by atoms with Crippen molar-refractivity contribution in [2.24, 2.45) is 11.3 Å². The zero-order valence-corrected chi connectivity index (χ0v) is 29.5. The molecule has 11 heteroatoms. The monoisotopic (exact) mass is 680 g/mol. The van der Waals surface area contributed by atoms with Crippen LogP contribution in [0.1, 0.15) is 57.5 Å². The van der Waals surface area contributed by atoms with Gasteiger partial charge in [-0.2, -0.15) is 0 Å². The molecule has 0 bridgehead atoms. The predicted octanol–water partition coefficient (Wildman–Crippen LogP) is 6.66. The summed E-state index contributed by atoms with van der Waals surface area (Å²) in [4.78, 5) is 3.89. The Morgan fingerprint density at radius 3 is 2.42 bits per heavy atom. The number of hydrogen-bond donors (Lipinski definition) is 1. The number of nitrogens with zero attached hydrogens (tertiary/aromatic N) is 6. The fourth-order valence-electron chi connectivity index (χ4n) is 6.88. The number of tetrazole rings is 1. The molecule has 5 aromatic rings. The molecule has 2 aliphatic heterocycles. The minimum Gasteiger partial charge on any atom is -0.478 e. The van der Waals surface area contributed by atoms with Crippen LogP contribution < -0.4 is 4.74 Å². The lowest BCUT2D eigenvalue weighted by atomic mass is 9.96. The van der Waals surface area contributed by atoms with Crippen molar-refractivity contribution in [3.8, 4) is 28.4 Å². The molecule has 264 valence electrons. The third-order valence-corrected chi connectivity index (χ3v) is 9.75. The lowest BCUT2D eigenvalue weighted by Crippen LogP contribution is -2.34. The number of methoxy groups -OCH3 is 1. The lowest BCUT2D eigenvalue weighted by Gasteiger charge is -2.32. The van der Waals surface area contributed by atoms with Gasteiger partial charge in [-0.05, 0) is 66.2 Å².